The average Bonchev–Trinajstić information content (AvgIpc) is 2.97. The summed E-state index contributed by atoms with van der Waals surface area (Å²) in [5.41, 5.74) is 0.264. The van der Waals surface area contributed by atoms with Crippen LogP contribution >= 0.6 is 22.9 Å². The number of halogens is 1. The van der Waals surface area contributed by atoms with Crippen molar-refractivity contribution < 1.29 is 4.92 Å². The molecule has 2 aliphatic rings. The summed E-state index contributed by atoms with van der Waals surface area (Å²) in [6, 6.07) is 0. The molecular weight excluding hydrogens is 300 g/mol. The molecule has 0 amide bonds. The van der Waals surface area contributed by atoms with Gasteiger partial charge >= 0.3 is 0 Å². The molecule has 0 aliphatic carbocycles. The molecule has 3 heterocycles. The number of aromatic nitrogens is 1. The van der Waals surface area contributed by atoms with Gasteiger partial charge in [0.25, 0.3) is 5.70 Å². The predicted molar refractivity (Wildman–Crippen MR) is 76.6 cm³/mol. The molecular formula is C12H13ClN4O2S. The van der Waals surface area contributed by atoms with Crippen LogP contribution in [0.4, 0.5) is 0 Å². The third kappa shape index (κ3) is 2.27. The van der Waals surface area contributed by atoms with E-state index in [0.717, 1.165) is 18.0 Å². The SMILES string of the molecule is CC1C=CN2CCN(Cc3cnc(Cl)s3)C2=C1[N+](=O)[O-]. The first-order valence-corrected chi connectivity index (χ1v) is 7.44. The van der Waals surface area contributed by atoms with E-state index in [4.69, 9.17) is 11.6 Å². The summed E-state index contributed by atoms with van der Waals surface area (Å²) in [6.45, 7) is 3.98. The first-order valence-electron chi connectivity index (χ1n) is 6.25. The van der Waals surface area contributed by atoms with Gasteiger partial charge in [0.15, 0.2) is 10.3 Å². The molecule has 0 bridgehead atoms. The van der Waals surface area contributed by atoms with Gasteiger partial charge in [-0.1, -0.05) is 17.7 Å². The Hall–Kier alpha value is -1.60. The number of allylic oxidation sites excluding steroid dienone is 1. The van der Waals surface area contributed by atoms with Gasteiger partial charge in [0.1, 0.15) is 0 Å². The maximum atomic E-state index is 11.3. The minimum Gasteiger partial charge on any atom is -0.346 e. The first kappa shape index (κ1) is 13.4. The van der Waals surface area contributed by atoms with Gasteiger partial charge < -0.3 is 9.80 Å². The van der Waals surface area contributed by atoms with Crippen LogP contribution in [0.5, 0.6) is 0 Å². The largest absolute Gasteiger partial charge is 0.346 e. The molecule has 3 rings (SSSR count). The fraction of sp³-hybridized carbons (Fsp3) is 0.417. The van der Waals surface area contributed by atoms with Crippen molar-refractivity contribution in [1.29, 1.82) is 0 Å². The molecule has 8 heteroatoms. The monoisotopic (exact) mass is 312 g/mol. The van der Waals surface area contributed by atoms with Crippen molar-refractivity contribution in [2.24, 2.45) is 5.92 Å². The second kappa shape index (κ2) is 5.06. The van der Waals surface area contributed by atoms with E-state index in [0.29, 0.717) is 16.8 Å². The molecule has 1 atom stereocenters. The van der Waals surface area contributed by atoms with E-state index in [1.165, 1.54) is 11.3 Å². The lowest BCUT2D eigenvalue weighted by molar-refractivity contribution is -0.435. The van der Waals surface area contributed by atoms with Gasteiger partial charge in [-0.2, -0.15) is 0 Å². The van der Waals surface area contributed by atoms with Crippen LogP contribution < -0.4 is 0 Å². The van der Waals surface area contributed by atoms with Gasteiger partial charge in [-0.25, -0.2) is 4.98 Å². The summed E-state index contributed by atoms with van der Waals surface area (Å²) >= 11 is 7.24. The minimum atomic E-state index is -0.269. The Balaban J connectivity index is 1.92. The van der Waals surface area contributed by atoms with Crippen LogP contribution in [0.1, 0.15) is 11.8 Å². The maximum absolute atomic E-state index is 11.3. The Morgan fingerprint density at radius 1 is 1.60 bits per heavy atom. The van der Waals surface area contributed by atoms with Gasteiger partial charge in [-0.3, -0.25) is 10.1 Å². The summed E-state index contributed by atoms with van der Waals surface area (Å²) in [5, 5.41) is 11.3. The molecule has 1 aromatic rings. The van der Waals surface area contributed by atoms with Gasteiger partial charge in [0, 0.05) is 30.4 Å². The highest BCUT2D eigenvalue weighted by molar-refractivity contribution is 7.15. The lowest BCUT2D eigenvalue weighted by Gasteiger charge is -2.26. The highest BCUT2D eigenvalue weighted by atomic mass is 35.5. The highest BCUT2D eigenvalue weighted by Crippen LogP contribution is 2.33. The standard InChI is InChI=1S/C12H13ClN4O2S/c1-8-2-3-15-4-5-16(11(15)10(8)17(18)19)7-9-6-14-12(13)20-9/h2-3,6,8H,4-5,7H2,1H3. The third-order valence-corrected chi connectivity index (χ3v) is 4.57. The summed E-state index contributed by atoms with van der Waals surface area (Å²) in [4.78, 5) is 20.1. The molecule has 0 N–H and O–H groups in total. The molecule has 1 fully saturated rings. The molecule has 1 unspecified atom stereocenters. The fourth-order valence-electron chi connectivity index (χ4n) is 2.55. The second-order valence-electron chi connectivity index (χ2n) is 4.79. The number of hydrogen-bond acceptors (Lipinski definition) is 6. The molecule has 20 heavy (non-hydrogen) atoms. The van der Waals surface area contributed by atoms with Crippen molar-refractivity contribution >= 4 is 22.9 Å². The number of thiazole rings is 1. The number of nitro groups is 1. The zero-order valence-electron chi connectivity index (χ0n) is 10.8. The zero-order chi connectivity index (χ0) is 14.3. The predicted octanol–water partition coefficient (Wildman–Crippen LogP) is 2.52. The van der Waals surface area contributed by atoms with Crippen LogP contribution in [0.15, 0.2) is 30.0 Å². The molecule has 1 aromatic heterocycles. The Morgan fingerprint density at radius 3 is 3.05 bits per heavy atom. The van der Waals surface area contributed by atoms with Crippen LogP contribution in [0.3, 0.4) is 0 Å². The van der Waals surface area contributed by atoms with Crippen LogP contribution in [0, 0.1) is 16.0 Å². The quantitative estimate of drug-likeness (QED) is 0.634. The van der Waals surface area contributed by atoms with E-state index in [1.807, 2.05) is 29.0 Å². The van der Waals surface area contributed by atoms with E-state index in [9.17, 15) is 10.1 Å². The van der Waals surface area contributed by atoms with Crippen LogP contribution in [0.25, 0.3) is 0 Å². The van der Waals surface area contributed by atoms with Gasteiger partial charge in [-0.15, -0.1) is 11.3 Å². The second-order valence-corrected chi connectivity index (χ2v) is 6.49. The number of rotatable bonds is 3. The maximum Gasteiger partial charge on any atom is 0.293 e. The van der Waals surface area contributed by atoms with Crippen LogP contribution in [-0.2, 0) is 6.54 Å². The minimum absolute atomic E-state index is 0.179. The molecule has 0 spiro atoms. The van der Waals surface area contributed by atoms with Crippen molar-refractivity contribution in [3.05, 3.63) is 49.4 Å². The van der Waals surface area contributed by atoms with Crippen LogP contribution in [0.2, 0.25) is 4.47 Å². The van der Waals surface area contributed by atoms with E-state index >= 15 is 0 Å². The Kier molecular flexibility index (Phi) is 3.39. The number of fused-ring (bicyclic) bond motifs is 1. The fourth-order valence-corrected chi connectivity index (χ4v) is 3.54. The normalized spacial score (nSPS) is 21.6. The van der Waals surface area contributed by atoms with E-state index in [-0.39, 0.29) is 16.5 Å². The molecule has 6 nitrogen and oxygen atoms in total. The van der Waals surface area contributed by atoms with Crippen molar-refractivity contribution in [1.82, 2.24) is 14.8 Å². The van der Waals surface area contributed by atoms with Crippen molar-refractivity contribution in [3.63, 3.8) is 0 Å². The average molecular weight is 313 g/mol. The lowest BCUT2D eigenvalue weighted by atomic mass is 10.1. The number of hydrogen-bond donors (Lipinski definition) is 0. The summed E-state index contributed by atoms with van der Waals surface area (Å²) < 4.78 is 0.497. The molecule has 106 valence electrons. The van der Waals surface area contributed by atoms with Gasteiger partial charge in [0.2, 0.25) is 0 Å². The lowest BCUT2D eigenvalue weighted by Crippen LogP contribution is -2.28. The van der Waals surface area contributed by atoms with Crippen molar-refractivity contribution in [3.8, 4) is 0 Å². The Labute approximate surface area is 125 Å². The molecule has 0 radical (unpaired) electrons. The number of nitrogens with zero attached hydrogens (tertiary/aromatic N) is 4. The highest BCUT2D eigenvalue weighted by Gasteiger charge is 2.37. The van der Waals surface area contributed by atoms with Gasteiger partial charge in [0.05, 0.1) is 17.4 Å². The zero-order valence-corrected chi connectivity index (χ0v) is 12.4. The van der Waals surface area contributed by atoms with E-state index < -0.39 is 0 Å². The molecule has 0 saturated carbocycles. The Bertz CT molecular complexity index is 612. The molecule has 1 saturated heterocycles. The van der Waals surface area contributed by atoms with Crippen molar-refractivity contribution in [2.45, 2.75) is 13.5 Å². The molecule has 2 aliphatic heterocycles. The topological polar surface area (TPSA) is 62.5 Å². The Morgan fingerprint density at radius 2 is 2.40 bits per heavy atom. The summed E-state index contributed by atoms with van der Waals surface area (Å²) in [5.74, 6) is 0.524. The first-order chi connectivity index (χ1) is 9.56. The van der Waals surface area contributed by atoms with Gasteiger partial charge in [-0.05, 0) is 6.92 Å². The van der Waals surface area contributed by atoms with E-state index in [1.54, 1.807) is 6.20 Å². The van der Waals surface area contributed by atoms with E-state index in [2.05, 4.69) is 4.98 Å². The molecule has 0 aromatic carbocycles. The third-order valence-electron chi connectivity index (χ3n) is 3.47. The summed E-state index contributed by atoms with van der Waals surface area (Å²) in [6.07, 6.45) is 5.53. The van der Waals surface area contributed by atoms with Crippen molar-refractivity contribution in [2.75, 3.05) is 13.1 Å². The summed E-state index contributed by atoms with van der Waals surface area (Å²) in [7, 11) is 0. The van der Waals surface area contributed by atoms with Crippen LogP contribution in [-0.4, -0.2) is 32.8 Å². The smallest absolute Gasteiger partial charge is 0.293 e.